The van der Waals surface area contributed by atoms with Gasteiger partial charge in [-0.25, -0.2) is 8.42 Å². The minimum atomic E-state index is -3.38. The van der Waals surface area contributed by atoms with Gasteiger partial charge in [0.2, 0.25) is 0 Å². The van der Waals surface area contributed by atoms with Crippen molar-refractivity contribution in [1.29, 1.82) is 0 Å². The fraction of sp³-hybridized carbons (Fsp3) is 0.667. The number of unbranched alkanes of at least 4 members (excludes halogenated alkanes) is 2. The largest absolute Gasteiger partial charge is 0.348 e. The van der Waals surface area contributed by atoms with E-state index in [9.17, 15) is 8.42 Å². The summed E-state index contributed by atoms with van der Waals surface area (Å²) in [7, 11) is -3.38. The van der Waals surface area contributed by atoms with Crippen LogP contribution in [0.1, 0.15) is 51.5 Å². The molecule has 1 fully saturated rings. The van der Waals surface area contributed by atoms with Gasteiger partial charge in [0.25, 0.3) is 0 Å². The summed E-state index contributed by atoms with van der Waals surface area (Å²) in [4.78, 5) is 0.395. The molecule has 1 aliphatic rings. The number of hydrogen-bond donors (Lipinski definition) is 0. The van der Waals surface area contributed by atoms with Crippen LogP contribution in [0, 0.1) is 6.92 Å². The Morgan fingerprint density at radius 3 is 2.30 bits per heavy atom. The molecule has 0 aliphatic carbocycles. The molecule has 1 heterocycles. The van der Waals surface area contributed by atoms with E-state index in [4.69, 9.17) is 9.47 Å². The highest BCUT2D eigenvalue weighted by Crippen LogP contribution is 2.32. The highest BCUT2D eigenvalue weighted by Gasteiger charge is 2.39. The number of hydrogen-bond acceptors (Lipinski definition) is 4. The number of sulfone groups is 1. The van der Waals surface area contributed by atoms with Gasteiger partial charge in [0.05, 0.1) is 23.4 Å². The van der Waals surface area contributed by atoms with Crippen LogP contribution in [0.3, 0.4) is 0 Å². The van der Waals surface area contributed by atoms with E-state index < -0.39 is 20.9 Å². The van der Waals surface area contributed by atoms with Crippen molar-refractivity contribution in [3.63, 3.8) is 0 Å². The first-order valence-corrected chi connectivity index (χ1v) is 10.0. The first-order valence-electron chi connectivity index (χ1n) is 8.46. The predicted octanol–water partition coefficient (Wildman–Crippen LogP) is 3.87. The van der Waals surface area contributed by atoms with Crippen LogP contribution in [0.4, 0.5) is 0 Å². The quantitative estimate of drug-likeness (QED) is 0.674. The highest BCUT2D eigenvalue weighted by molar-refractivity contribution is 7.92. The summed E-state index contributed by atoms with van der Waals surface area (Å²) in [6.07, 6.45) is 4.04. The summed E-state index contributed by atoms with van der Waals surface area (Å²) >= 11 is 0. The van der Waals surface area contributed by atoms with E-state index in [-0.39, 0.29) is 0 Å². The van der Waals surface area contributed by atoms with Crippen molar-refractivity contribution in [3.8, 4) is 0 Å². The van der Waals surface area contributed by atoms with Crippen LogP contribution >= 0.6 is 0 Å². The first kappa shape index (κ1) is 18.4. The molecule has 0 N–H and O–H groups in total. The van der Waals surface area contributed by atoms with Gasteiger partial charge >= 0.3 is 0 Å². The van der Waals surface area contributed by atoms with E-state index in [2.05, 4.69) is 6.92 Å². The molecule has 1 aliphatic heterocycles. The summed E-state index contributed by atoms with van der Waals surface area (Å²) in [5.74, 6) is -0.783. The Balaban J connectivity index is 2.21. The van der Waals surface area contributed by atoms with Gasteiger partial charge < -0.3 is 9.47 Å². The molecule has 1 saturated heterocycles. The topological polar surface area (TPSA) is 52.6 Å². The third-order valence-corrected chi connectivity index (χ3v) is 6.62. The Morgan fingerprint density at radius 2 is 1.74 bits per heavy atom. The number of benzene rings is 1. The van der Waals surface area contributed by atoms with Crippen molar-refractivity contribution in [2.24, 2.45) is 0 Å². The summed E-state index contributed by atoms with van der Waals surface area (Å²) in [5, 5.41) is -0.472. The molecular formula is C18H28O4S. The van der Waals surface area contributed by atoms with E-state index in [1.54, 1.807) is 12.1 Å². The maximum Gasteiger partial charge on any atom is 0.181 e. The summed E-state index contributed by atoms with van der Waals surface area (Å²) in [5.41, 5.74) is 1.06. The van der Waals surface area contributed by atoms with E-state index >= 15 is 0 Å². The average molecular weight is 340 g/mol. The van der Waals surface area contributed by atoms with Gasteiger partial charge in [0.1, 0.15) is 0 Å². The third kappa shape index (κ3) is 4.78. The average Bonchev–Trinajstić information content (AvgIpc) is 2.93. The van der Waals surface area contributed by atoms with Crippen molar-refractivity contribution in [3.05, 3.63) is 29.8 Å². The summed E-state index contributed by atoms with van der Waals surface area (Å²) in [6, 6.07) is 7.10. The lowest BCUT2D eigenvalue weighted by atomic mass is 10.1. The van der Waals surface area contributed by atoms with Gasteiger partial charge in [0, 0.05) is 6.42 Å². The zero-order valence-electron chi connectivity index (χ0n) is 14.4. The van der Waals surface area contributed by atoms with Gasteiger partial charge in [-0.2, -0.15) is 0 Å². The Hall–Kier alpha value is -0.910. The molecule has 0 radical (unpaired) electrons. The molecule has 1 aromatic carbocycles. The lowest BCUT2D eigenvalue weighted by Crippen LogP contribution is -2.35. The molecule has 4 nitrogen and oxygen atoms in total. The van der Waals surface area contributed by atoms with Gasteiger partial charge in [0.15, 0.2) is 15.6 Å². The molecule has 0 spiro atoms. The molecular weight excluding hydrogens is 312 g/mol. The van der Waals surface area contributed by atoms with Crippen molar-refractivity contribution in [2.45, 2.75) is 68.8 Å². The Kier molecular flexibility index (Phi) is 6.23. The minimum absolute atomic E-state index is 0.382. The van der Waals surface area contributed by atoms with E-state index in [0.29, 0.717) is 31.0 Å². The first-order chi connectivity index (χ1) is 10.9. The molecule has 0 bridgehead atoms. The molecule has 23 heavy (non-hydrogen) atoms. The van der Waals surface area contributed by atoms with Gasteiger partial charge in [-0.3, -0.25) is 0 Å². The Labute approximate surface area is 140 Å². The van der Waals surface area contributed by atoms with Crippen molar-refractivity contribution >= 4 is 9.84 Å². The number of aryl methyl sites for hydroxylation is 1. The smallest absolute Gasteiger partial charge is 0.181 e. The fourth-order valence-electron chi connectivity index (χ4n) is 3.00. The molecule has 1 atom stereocenters. The van der Waals surface area contributed by atoms with Gasteiger partial charge in [-0.1, -0.05) is 43.9 Å². The monoisotopic (exact) mass is 340 g/mol. The van der Waals surface area contributed by atoms with Crippen LogP contribution < -0.4 is 0 Å². The summed E-state index contributed by atoms with van der Waals surface area (Å²) < 4.78 is 37.4. The third-order valence-electron chi connectivity index (χ3n) is 4.41. The number of ether oxygens (including phenoxy) is 2. The summed E-state index contributed by atoms with van der Waals surface area (Å²) in [6.45, 7) is 6.98. The molecule has 130 valence electrons. The molecule has 0 saturated carbocycles. The lowest BCUT2D eigenvalue weighted by Gasteiger charge is -2.28. The maximum absolute atomic E-state index is 13.1. The normalized spacial score (nSPS) is 18.9. The fourth-order valence-corrected chi connectivity index (χ4v) is 4.90. The molecule has 0 aromatic heterocycles. The SMILES string of the molecule is CCCCCC(CC1(C)OCCO1)S(=O)(=O)c1ccc(C)cc1. The second kappa shape index (κ2) is 7.77. The Bertz CT molecular complexity index is 586. The van der Waals surface area contributed by atoms with Crippen LogP contribution in [-0.2, 0) is 19.3 Å². The van der Waals surface area contributed by atoms with Crippen LogP contribution in [0.25, 0.3) is 0 Å². The zero-order valence-corrected chi connectivity index (χ0v) is 15.2. The van der Waals surface area contributed by atoms with Gasteiger partial charge in [-0.05, 0) is 32.4 Å². The molecule has 0 amide bonds. The lowest BCUT2D eigenvalue weighted by molar-refractivity contribution is -0.146. The molecule has 5 heteroatoms. The van der Waals surface area contributed by atoms with Crippen molar-refractivity contribution in [2.75, 3.05) is 13.2 Å². The minimum Gasteiger partial charge on any atom is -0.348 e. The van der Waals surface area contributed by atoms with Crippen molar-refractivity contribution < 1.29 is 17.9 Å². The van der Waals surface area contributed by atoms with Gasteiger partial charge in [-0.15, -0.1) is 0 Å². The van der Waals surface area contributed by atoms with Crippen LogP contribution in [0.15, 0.2) is 29.2 Å². The Morgan fingerprint density at radius 1 is 1.13 bits per heavy atom. The van der Waals surface area contributed by atoms with E-state index in [0.717, 1.165) is 24.8 Å². The van der Waals surface area contributed by atoms with Crippen LogP contribution in [0.5, 0.6) is 0 Å². The number of rotatable bonds is 8. The second-order valence-corrected chi connectivity index (χ2v) is 8.74. The highest BCUT2D eigenvalue weighted by atomic mass is 32.2. The standard InChI is InChI=1S/C18H28O4S/c1-4-5-6-7-17(14-18(3)21-12-13-22-18)23(19,20)16-10-8-15(2)9-11-16/h8-11,17H,4-7,12-14H2,1-3H3. The maximum atomic E-state index is 13.1. The molecule has 2 rings (SSSR count). The van der Waals surface area contributed by atoms with Crippen LogP contribution in [-0.4, -0.2) is 32.7 Å². The predicted molar refractivity (Wildman–Crippen MR) is 91.2 cm³/mol. The zero-order chi connectivity index (χ0) is 16.9. The van der Waals surface area contributed by atoms with Crippen molar-refractivity contribution in [1.82, 2.24) is 0 Å². The molecule has 1 unspecified atom stereocenters. The molecule has 1 aromatic rings. The second-order valence-electron chi connectivity index (χ2n) is 6.51. The van der Waals surface area contributed by atoms with E-state index in [1.165, 1.54) is 0 Å². The van der Waals surface area contributed by atoms with E-state index in [1.807, 2.05) is 26.0 Å². The van der Waals surface area contributed by atoms with Crippen LogP contribution in [0.2, 0.25) is 0 Å².